The van der Waals surface area contributed by atoms with Crippen molar-refractivity contribution in [3.8, 4) is 0 Å². The molecule has 0 saturated carbocycles. The summed E-state index contributed by atoms with van der Waals surface area (Å²) in [4.78, 5) is 27.5. The summed E-state index contributed by atoms with van der Waals surface area (Å²) in [5, 5.41) is 33.0. The molecule has 1 saturated heterocycles. The minimum absolute atomic E-state index is 0.0221. The van der Waals surface area contributed by atoms with Crippen LogP contribution < -0.4 is 0 Å². The summed E-state index contributed by atoms with van der Waals surface area (Å²) in [6, 6.07) is -0.519. The van der Waals surface area contributed by atoms with Gasteiger partial charge < -0.3 is 25.0 Å². The lowest BCUT2D eigenvalue weighted by molar-refractivity contribution is -0.196. The van der Waals surface area contributed by atoms with Crippen LogP contribution in [-0.4, -0.2) is 80.7 Å². The molecule has 7 nitrogen and oxygen atoms in total. The number of hydrogen-bond donors (Lipinski definition) is 3. The lowest BCUT2D eigenvalue weighted by Crippen LogP contribution is -2.59. The molecule has 0 radical (unpaired) electrons. The van der Waals surface area contributed by atoms with Gasteiger partial charge in [0, 0.05) is 18.5 Å². The van der Waals surface area contributed by atoms with Gasteiger partial charge in [0.05, 0.1) is 5.60 Å². The van der Waals surface area contributed by atoms with Gasteiger partial charge >= 0.3 is 5.97 Å². The molecule has 0 aromatic carbocycles. The number of Topliss-reactive ketones (excluding diaryl/α,β-unsaturated/α-hetero) is 1. The average Bonchev–Trinajstić information content (AvgIpc) is 2.66. The van der Waals surface area contributed by atoms with Crippen LogP contribution in [0.2, 0.25) is 0 Å². The summed E-state index contributed by atoms with van der Waals surface area (Å²) in [7, 11) is 1.80. The van der Waals surface area contributed by atoms with Crippen molar-refractivity contribution in [3.63, 3.8) is 0 Å². The molecule has 0 aromatic heterocycles. The second kappa shape index (κ2) is 9.81. The fraction of sp³-hybridized carbons (Fsp3) is 0.913. The van der Waals surface area contributed by atoms with Crippen LogP contribution in [0.25, 0.3) is 0 Å². The normalized spacial score (nSPS) is 47.4. The van der Waals surface area contributed by atoms with Crippen LogP contribution in [-0.2, 0) is 14.3 Å². The topological polar surface area (TPSA) is 107 Å². The Labute approximate surface area is 186 Å². The highest BCUT2D eigenvalue weighted by atomic mass is 19.1. The van der Waals surface area contributed by atoms with Crippen molar-refractivity contribution in [2.75, 3.05) is 13.6 Å². The number of aliphatic hydroxyl groups excluding tert-OH is 1. The number of ether oxygens (including phenoxy) is 1. The summed E-state index contributed by atoms with van der Waals surface area (Å²) in [5.41, 5.74) is -6.10. The zero-order valence-electron chi connectivity index (χ0n) is 20.5. The molecule has 3 N–H and O–H groups in total. The van der Waals surface area contributed by atoms with E-state index in [1.54, 1.807) is 34.7 Å². The Hall–Kier alpha value is -1.09. The molecule has 9 unspecified atom stereocenters. The maximum absolute atomic E-state index is 15.4. The molecule has 0 bridgehead atoms. The SMILES string of the molecule is CCC1OC(=O)C(C)(F)C(=O)C(C)C(C)C(C)(O)CC(C)CN(C)C(C)C(O)C1(C)O. The molecule has 1 fully saturated rings. The van der Waals surface area contributed by atoms with Gasteiger partial charge in [-0.25, -0.2) is 9.18 Å². The number of ketones is 1. The van der Waals surface area contributed by atoms with E-state index in [2.05, 4.69) is 0 Å². The molecule has 1 aliphatic rings. The van der Waals surface area contributed by atoms with Crippen LogP contribution in [0.4, 0.5) is 4.39 Å². The molecule has 1 heterocycles. The van der Waals surface area contributed by atoms with Gasteiger partial charge in [-0.2, -0.15) is 0 Å². The van der Waals surface area contributed by atoms with Crippen LogP contribution in [0.1, 0.15) is 68.2 Å². The van der Waals surface area contributed by atoms with Gasteiger partial charge in [0.2, 0.25) is 0 Å². The largest absolute Gasteiger partial charge is 0.457 e. The number of halogens is 1. The second-order valence-corrected chi connectivity index (χ2v) is 10.3. The minimum atomic E-state index is -2.95. The third-order valence-corrected chi connectivity index (χ3v) is 7.37. The summed E-state index contributed by atoms with van der Waals surface area (Å²) in [6.45, 7) is 12.8. The highest BCUT2D eigenvalue weighted by molar-refractivity contribution is 6.07. The van der Waals surface area contributed by atoms with Crippen molar-refractivity contribution in [3.05, 3.63) is 0 Å². The Morgan fingerprint density at radius 2 is 1.65 bits per heavy atom. The monoisotopic (exact) mass is 447 g/mol. The fourth-order valence-electron chi connectivity index (χ4n) is 4.68. The highest BCUT2D eigenvalue weighted by Crippen LogP contribution is 2.35. The van der Waals surface area contributed by atoms with E-state index in [0.29, 0.717) is 13.0 Å². The molecule has 0 amide bonds. The summed E-state index contributed by atoms with van der Waals surface area (Å²) < 4.78 is 20.7. The van der Waals surface area contributed by atoms with E-state index < -0.39 is 58.7 Å². The van der Waals surface area contributed by atoms with Crippen LogP contribution in [0.5, 0.6) is 0 Å². The van der Waals surface area contributed by atoms with E-state index in [9.17, 15) is 24.9 Å². The first kappa shape index (κ1) is 27.9. The Kier molecular flexibility index (Phi) is 8.84. The highest BCUT2D eigenvalue weighted by Gasteiger charge is 2.52. The maximum Gasteiger partial charge on any atom is 0.351 e. The van der Waals surface area contributed by atoms with Gasteiger partial charge in [-0.05, 0) is 59.4 Å². The minimum Gasteiger partial charge on any atom is -0.457 e. The number of carbonyl (C=O) groups is 2. The van der Waals surface area contributed by atoms with Gasteiger partial charge in [0.1, 0.15) is 17.8 Å². The molecule has 0 aliphatic carbocycles. The van der Waals surface area contributed by atoms with Gasteiger partial charge in [0.15, 0.2) is 5.78 Å². The van der Waals surface area contributed by atoms with E-state index >= 15 is 4.39 Å². The zero-order chi connectivity index (χ0) is 24.5. The number of nitrogens with zero attached hydrogens (tertiary/aromatic N) is 1. The standard InChI is InChI=1S/C23H42FNO6/c1-10-17-23(8,30)19(27)16(5)25(9)12-13(2)11-21(6,29)15(4)14(3)18(26)22(7,24)20(28)31-17/h13-17,19,27,29-30H,10-12H2,1-9H3. The second-order valence-electron chi connectivity index (χ2n) is 10.3. The Morgan fingerprint density at radius 3 is 2.13 bits per heavy atom. The van der Waals surface area contributed by atoms with E-state index in [-0.39, 0.29) is 12.3 Å². The summed E-state index contributed by atoms with van der Waals surface area (Å²) >= 11 is 0. The number of carbonyl (C=O) groups excluding carboxylic acids is 2. The van der Waals surface area contributed by atoms with Crippen LogP contribution in [0.3, 0.4) is 0 Å². The molecule has 0 aromatic rings. The fourth-order valence-corrected chi connectivity index (χ4v) is 4.68. The first-order chi connectivity index (χ1) is 13.9. The third kappa shape index (κ3) is 5.83. The van der Waals surface area contributed by atoms with E-state index in [1.807, 2.05) is 11.8 Å². The van der Waals surface area contributed by atoms with Gasteiger partial charge in [0.25, 0.3) is 5.67 Å². The Bertz CT molecular complexity index is 650. The van der Waals surface area contributed by atoms with E-state index in [1.165, 1.54) is 13.8 Å². The van der Waals surface area contributed by atoms with Crippen LogP contribution in [0.15, 0.2) is 0 Å². The summed E-state index contributed by atoms with van der Waals surface area (Å²) in [5.74, 6) is -3.97. The number of alkyl halides is 1. The van der Waals surface area contributed by atoms with Crippen molar-refractivity contribution in [1.29, 1.82) is 0 Å². The molecule has 182 valence electrons. The third-order valence-electron chi connectivity index (χ3n) is 7.37. The molecule has 0 spiro atoms. The lowest BCUT2D eigenvalue weighted by Gasteiger charge is -2.42. The summed E-state index contributed by atoms with van der Waals surface area (Å²) in [6.07, 6.45) is -2.08. The number of esters is 1. The molecule has 1 rings (SSSR count). The predicted octanol–water partition coefficient (Wildman–Crippen LogP) is 2.10. The maximum atomic E-state index is 15.4. The molecule has 31 heavy (non-hydrogen) atoms. The Morgan fingerprint density at radius 1 is 1.13 bits per heavy atom. The predicted molar refractivity (Wildman–Crippen MR) is 116 cm³/mol. The zero-order valence-corrected chi connectivity index (χ0v) is 20.5. The van der Waals surface area contributed by atoms with E-state index in [0.717, 1.165) is 6.92 Å². The number of aliphatic hydroxyl groups is 3. The Balaban J connectivity index is 3.48. The number of hydrogen-bond acceptors (Lipinski definition) is 7. The van der Waals surface area contributed by atoms with Crippen molar-refractivity contribution >= 4 is 11.8 Å². The van der Waals surface area contributed by atoms with Crippen molar-refractivity contribution in [2.24, 2.45) is 17.8 Å². The first-order valence-electron chi connectivity index (χ1n) is 11.2. The molecular weight excluding hydrogens is 405 g/mol. The smallest absolute Gasteiger partial charge is 0.351 e. The van der Waals surface area contributed by atoms with Gasteiger partial charge in [-0.3, -0.25) is 4.79 Å². The number of likely N-dealkylation sites (N-methyl/N-ethyl adjacent to an activating group) is 1. The molecule has 1 aliphatic heterocycles. The van der Waals surface area contributed by atoms with Crippen molar-refractivity contribution < 1.29 is 34.0 Å². The van der Waals surface area contributed by atoms with Crippen LogP contribution >= 0.6 is 0 Å². The van der Waals surface area contributed by atoms with Gasteiger partial charge in [-0.15, -0.1) is 0 Å². The van der Waals surface area contributed by atoms with Gasteiger partial charge in [-0.1, -0.05) is 27.7 Å². The molecular formula is C23H42FNO6. The number of rotatable bonds is 1. The molecule has 8 heteroatoms. The van der Waals surface area contributed by atoms with E-state index in [4.69, 9.17) is 4.74 Å². The van der Waals surface area contributed by atoms with Crippen molar-refractivity contribution in [2.45, 2.75) is 103 Å². The average molecular weight is 448 g/mol. The number of cyclic esters (lactones) is 1. The van der Waals surface area contributed by atoms with Crippen LogP contribution in [0, 0.1) is 17.8 Å². The van der Waals surface area contributed by atoms with Crippen molar-refractivity contribution in [1.82, 2.24) is 4.90 Å². The lowest BCUT2D eigenvalue weighted by atomic mass is 9.73. The molecule has 9 atom stereocenters. The first-order valence-corrected chi connectivity index (χ1v) is 11.2. The quantitative estimate of drug-likeness (QED) is 0.417.